The van der Waals surface area contributed by atoms with E-state index in [2.05, 4.69) is 102 Å². The molecule has 0 aliphatic carbocycles. The first kappa shape index (κ1) is 34.4. The normalized spacial score (nSPS) is 14.1. The molecule has 3 heterocycles. The molecule has 0 fully saturated rings. The standard InChI is InChI=1S/C35H52N6O3Si/c1-14-31(44-45(12,13)35(7,8)9)32(34(4,5)6)43-27-16-24(15-26(17-27)42-11)29-18-30(40(10)25-19-36-22-37-20-25)28-21-38-41(23(2)3)33(28)39-29/h15-23,31-32H,14H2,1-13H3. The molecule has 244 valence electrons. The minimum atomic E-state index is -2.04. The number of fused-ring (bicyclic) bond motifs is 1. The number of anilines is 2. The highest BCUT2D eigenvalue weighted by atomic mass is 28.4. The molecule has 2 unspecified atom stereocenters. The molecule has 0 N–H and O–H groups in total. The molecule has 0 spiro atoms. The fourth-order valence-corrected chi connectivity index (χ4v) is 6.59. The molecule has 0 saturated carbocycles. The molecule has 0 radical (unpaired) electrons. The number of hydrogen-bond acceptors (Lipinski definition) is 8. The number of methoxy groups -OCH3 is 1. The quantitative estimate of drug-likeness (QED) is 0.152. The van der Waals surface area contributed by atoms with Crippen molar-refractivity contribution in [1.82, 2.24) is 24.7 Å². The van der Waals surface area contributed by atoms with Gasteiger partial charge < -0.3 is 18.8 Å². The summed E-state index contributed by atoms with van der Waals surface area (Å²) in [5.74, 6) is 1.41. The van der Waals surface area contributed by atoms with Gasteiger partial charge in [-0.05, 0) is 56.6 Å². The maximum absolute atomic E-state index is 6.99. The molecule has 10 heteroatoms. The lowest BCUT2D eigenvalue weighted by Gasteiger charge is -2.44. The van der Waals surface area contributed by atoms with E-state index in [1.807, 2.05) is 30.1 Å². The van der Waals surface area contributed by atoms with Gasteiger partial charge in [-0.3, -0.25) is 0 Å². The molecule has 0 aliphatic rings. The van der Waals surface area contributed by atoms with Crippen molar-refractivity contribution in [3.63, 3.8) is 0 Å². The van der Waals surface area contributed by atoms with Gasteiger partial charge in [0.25, 0.3) is 0 Å². The van der Waals surface area contributed by atoms with Crippen LogP contribution in [0.25, 0.3) is 22.3 Å². The Morgan fingerprint density at radius 2 is 1.58 bits per heavy atom. The van der Waals surface area contributed by atoms with Crippen LogP contribution < -0.4 is 14.4 Å². The van der Waals surface area contributed by atoms with Gasteiger partial charge in [0.05, 0.1) is 54.3 Å². The van der Waals surface area contributed by atoms with Gasteiger partial charge in [0.1, 0.15) is 23.9 Å². The lowest BCUT2D eigenvalue weighted by Crippen LogP contribution is -2.51. The van der Waals surface area contributed by atoms with E-state index in [0.29, 0.717) is 11.5 Å². The summed E-state index contributed by atoms with van der Waals surface area (Å²) in [4.78, 5) is 15.7. The third-order valence-electron chi connectivity index (χ3n) is 8.85. The molecule has 45 heavy (non-hydrogen) atoms. The average molecular weight is 633 g/mol. The summed E-state index contributed by atoms with van der Waals surface area (Å²) < 4.78 is 21.7. The first-order valence-corrected chi connectivity index (χ1v) is 18.8. The van der Waals surface area contributed by atoms with Crippen molar-refractivity contribution in [1.29, 1.82) is 0 Å². The first-order valence-electron chi connectivity index (χ1n) is 15.9. The van der Waals surface area contributed by atoms with Crippen molar-refractivity contribution in [2.24, 2.45) is 5.41 Å². The predicted octanol–water partition coefficient (Wildman–Crippen LogP) is 8.84. The van der Waals surface area contributed by atoms with Crippen LogP contribution in [0, 0.1) is 5.41 Å². The van der Waals surface area contributed by atoms with Crippen LogP contribution in [0.2, 0.25) is 18.1 Å². The van der Waals surface area contributed by atoms with Gasteiger partial charge in [0.15, 0.2) is 14.0 Å². The van der Waals surface area contributed by atoms with Crippen molar-refractivity contribution in [3.05, 3.63) is 49.2 Å². The van der Waals surface area contributed by atoms with Gasteiger partial charge in [-0.15, -0.1) is 0 Å². The average Bonchev–Trinajstić information content (AvgIpc) is 3.41. The van der Waals surface area contributed by atoms with E-state index in [9.17, 15) is 0 Å². The van der Waals surface area contributed by atoms with E-state index >= 15 is 0 Å². The highest BCUT2D eigenvalue weighted by molar-refractivity contribution is 6.74. The molecule has 3 aromatic heterocycles. The largest absolute Gasteiger partial charge is 0.497 e. The van der Waals surface area contributed by atoms with Crippen LogP contribution >= 0.6 is 0 Å². The zero-order chi connectivity index (χ0) is 33.3. The fourth-order valence-electron chi connectivity index (χ4n) is 5.19. The van der Waals surface area contributed by atoms with Gasteiger partial charge in [-0.1, -0.05) is 48.5 Å². The molecule has 2 atom stereocenters. The van der Waals surface area contributed by atoms with E-state index < -0.39 is 8.32 Å². The Kier molecular flexibility index (Phi) is 9.99. The van der Waals surface area contributed by atoms with Gasteiger partial charge in [-0.2, -0.15) is 5.10 Å². The Morgan fingerprint density at radius 1 is 0.933 bits per heavy atom. The van der Waals surface area contributed by atoms with E-state index in [-0.39, 0.29) is 28.7 Å². The number of benzene rings is 1. The summed E-state index contributed by atoms with van der Waals surface area (Å²) in [6.45, 7) is 24.5. The summed E-state index contributed by atoms with van der Waals surface area (Å²) in [6, 6.07) is 8.22. The number of ether oxygens (including phenoxy) is 2. The zero-order valence-electron chi connectivity index (χ0n) is 29.5. The zero-order valence-corrected chi connectivity index (χ0v) is 30.5. The van der Waals surface area contributed by atoms with Crippen LogP contribution in [0.3, 0.4) is 0 Å². The van der Waals surface area contributed by atoms with Crippen LogP contribution in [-0.2, 0) is 4.43 Å². The highest BCUT2D eigenvalue weighted by Crippen LogP contribution is 2.41. The van der Waals surface area contributed by atoms with E-state index in [0.717, 1.165) is 40.1 Å². The van der Waals surface area contributed by atoms with Gasteiger partial charge >= 0.3 is 0 Å². The van der Waals surface area contributed by atoms with E-state index in [1.54, 1.807) is 19.5 Å². The third kappa shape index (κ3) is 7.49. The molecular formula is C35H52N6O3Si. The SMILES string of the molecule is CCC(O[Si](C)(C)C(C)(C)C)C(Oc1cc(OC)cc(-c2cc(N(C)c3cncnc3)c3cnn(C(C)C)c3n2)c1)C(C)(C)C. The minimum Gasteiger partial charge on any atom is -0.497 e. The molecule has 0 saturated heterocycles. The first-order chi connectivity index (χ1) is 21.0. The summed E-state index contributed by atoms with van der Waals surface area (Å²) in [6.07, 6.45) is 7.60. The summed E-state index contributed by atoms with van der Waals surface area (Å²) in [5.41, 5.74) is 4.09. The molecule has 0 bridgehead atoms. The Balaban J connectivity index is 1.83. The maximum atomic E-state index is 6.99. The molecule has 4 rings (SSSR count). The number of nitrogens with zero attached hydrogens (tertiary/aromatic N) is 6. The van der Waals surface area contributed by atoms with Crippen LogP contribution in [0.15, 0.2) is 49.2 Å². The summed E-state index contributed by atoms with van der Waals surface area (Å²) in [5, 5.41) is 5.73. The Labute approximate surface area is 270 Å². The number of rotatable bonds is 11. The monoisotopic (exact) mass is 632 g/mol. The van der Waals surface area contributed by atoms with Crippen LogP contribution in [0.4, 0.5) is 11.4 Å². The number of pyridine rings is 1. The molecule has 1 aromatic carbocycles. The van der Waals surface area contributed by atoms with Gasteiger partial charge in [0.2, 0.25) is 0 Å². The second kappa shape index (κ2) is 13.1. The van der Waals surface area contributed by atoms with Crippen molar-refractivity contribution < 1.29 is 13.9 Å². The topological polar surface area (TPSA) is 87.4 Å². The van der Waals surface area contributed by atoms with E-state index in [1.165, 1.54) is 6.33 Å². The van der Waals surface area contributed by atoms with Crippen molar-refractivity contribution >= 4 is 30.7 Å². The molecular weight excluding hydrogens is 581 g/mol. The molecule has 4 aromatic rings. The van der Waals surface area contributed by atoms with Crippen LogP contribution in [0.5, 0.6) is 11.5 Å². The van der Waals surface area contributed by atoms with Crippen LogP contribution in [-0.4, -0.2) is 59.4 Å². The second-order valence-electron chi connectivity index (χ2n) is 14.7. The number of hydrogen-bond donors (Lipinski definition) is 0. The maximum Gasteiger partial charge on any atom is 0.192 e. The van der Waals surface area contributed by atoms with E-state index in [4.69, 9.17) is 24.0 Å². The highest BCUT2D eigenvalue weighted by Gasteiger charge is 2.43. The predicted molar refractivity (Wildman–Crippen MR) is 186 cm³/mol. The lowest BCUT2D eigenvalue weighted by molar-refractivity contribution is -0.0215. The molecule has 0 aliphatic heterocycles. The van der Waals surface area contributed by atoms with Crippen molar-refractivity contribution in [3.8, 4) is 22.8 Å². The second-order valence-corrected chi connectivity index (χ2v) is 19.5. The third-order valence-corrected chi connectivity index (χ3v) is 13.4. The van der Waals surface area contributed by atoms with Gasteiger partial charge in [-0.25, -0.2) is 19.6 Å². The van der Waals surface area contributed by atoms with Crippen molar-refractivity contribution in [2.45, 2.75) is 105 Å². The minimum absolute atomic E-state index is 0.0660. The lowest BCUT2D eigenvalue weighted by atomic mass is 9.84. The fraction of sp³-hybridized carbons (Fsp3) is 0.543. The Hall–Kier alpha value is -3.50. The Morgan fingerprint density at radius 3 is 2.13 bits per heavy atom. The summed E-state index contributed by atoms with van der Waals surface area (Å²) in [7, 11) is 1.64. The Bertz CT molecular complexity index is 1590. The molecule has 9 nitrogen and oxygen atoms in total. The summed E-state index contributed by atoms with van der Waals surface area (Å²) >= 11 is 0. The smallest absolute Gasteiger partial charge is 0.192 e. The van der Waals surface area contributed by atoms with Crippen molar-refractivity contribution in [2.75, 3.05) is 19.1 Å². The van der Waals surface area contributed by atoms with Gasteiger partial charge in [0, 0.05) is 30.1 Å². The molecule has 0 amide bonds. The number of aromatic nitrogens is 5. The van der Waals surface area contributed by atoms with Crippen LogP contribution in [0.1, 0.15) is 74.8 Å².